The molecule has 4 fully saturated rings. The molecule has 4 atom stereocenters. The maximum atomic E-state index is 14.7. The van der Waals surface area contributed by atoms with Crippen LogP contribution in [0.3, 0.4) is 0 Å². The van der Waals surface area contributed by atoms with Crippen LogP contribution >= 0.6 is 24.8 Å². The molecule has 10 nitrogen and oxygen atoms in total. The second-order valence-electron chi connectivity index (χ2n) is 16.0. The molecule has 4 aromatic rings. The quantitative estimate of drug-likeness (QED) is 0.163. The van der Waals surface area contributed by atoms with Crippen LogP contribution in [0.15, 0.2) is 60.9 Å². The number of likely N-dealkylation sites (tertiary alicyclic amines) is 2. The van der Waals surface area contributed by atoms with Gasteiger partial charge in [0, 0.05) is 50.7 Å². The monoisotopic (exact) mass is 866 g/mol. The van der Waals surface area contributed by atoms with E-state index in [-0.39, 0.29) is 60.3 Å². The Morgan fingerprint density at radius 2 is 1.03 bits per heavy atom. The summed E-state index contributed by atoms with van der Waals surface area (Å²) in [4.78, 5) is 38.2. The lowest BCUT2D eigenvalue weighted by Gasteiger charge is -2.23. The molecule has 324 valence electrons. The highest BCUT2D eigenvalue weighted by atomic mass is 35.5. The highest BCUT2D eigenvalue weighted by Gasteiger charge is 2.51. The van der Waals surface area contributed by atoms with Crippen molar-refractivity contribution in [2.24, 2.45) is 0 Å². The van der Waals surface area contributed by atoms with Gasteiger partial charge in [-0.25, -0.2) is 8.78 Å². The summed E-state index contributed by atoms with van der Waals surface area (Å²) >= 11 is 0. The normalized spacial score (nSPS) is 23.1. The molecule has 4 saturated heterocycles. The molecule has 2 spiro atoms. The van der Waals surface area contributed by atoms with Crippen molar-refractivity contribution in [3.05, 3.63) is 95.1 Å². The van der Waals surface area contributed by atoms with Crippen LogP contribution in [0.4, 0.5) is 8.78 Å². The summed E-state index contributed by atoms with van der Waals surface area (Å²) in [6, 6.07) is 13.7. The molecule has 0 bridgehead atoms. The summed E-state index contributed by atoms with van der Waals surface area (Å²) in [5.41, 5.74) is 5.51. The molecule has 2 aromatic carbocycles. The summed E-state index contributed by atoms with van der Waals surface area (Å²) in [6.45, 7) is 10.5. The van der Waals surface area contributed by atoms with Crippen LogP contribution in [0, 0.1) is 11.6 Å². The fourth-order valence-corrected chi connectivity index (χ4v) is 9.16. The molecule has 4 aliphatic heterocycles. The van der Waals surface area contributed by atoms with Crippen LogP contribution in [-0.4, -0.2) is 83.1 Å². The number of nitrogens with zero attached hydrogens (tertiary/aromatic N) is 4. The van der Waals surface area contributed by atoms with E-state index in [1.54, 1.807) is 34.1 Å². The molecular weight excluding hydrogens is 809 g/mol. The molecule has 6 heterocycles. The summed E-state index contributed by atoms with van der Waals surface area (Å²) in [7, 11) is 3.71. The first-order valence-corrected chi connectivity index (χ1v) is 20.8. The standard InChI is InChI=1S/2C23H28FN3O2.2ClH/c2*1-4-15-14-25-21(20-8-9-23(26-20)10-11-27(3)22(23)28)13-17(15)18-12-16(29-5-2)6-7-19(18)24;;/h2*6-7,12-14,20,26H,4-5,8-11H2,1-3H3;2*1H/t2*20-,23+;;/m10../s1. The zero-order chi connectivity index (χ0) is 41.2. The Bertz CT molecular complexity index is 2030. The first-order chi connectivity index (χ1) is 27.9. The third-order valence-electron chi connectivity index (χ3n) is 12.4. The number of aryl methyl sites for hydroxylation is 2. The van der Waals surface area contributed by atoms with Crippen LogP contribution in [-0.2, 0) is 22.4 Å². The average molecular weight is 868 g/mol. The average Bonchev–Trinajstić information content (AvgIpc) is 4.01. The number of likely N-dealkylation sites (N-methyl/N-ethyl adjacent to an activating group) is 2. The molecule has 2 amide bonds. The third-order valence-corrected chi connectivity index (χ3v) is 12.4. The predicted molar refractivity (Wildman–Crippen MR) is 235 cm³/mol. The molecule has 60 heavy (non-hydrogen) atoms. The number of amides is 2. The van der Waals surface area contributed by atoms with Gasteiger partial charge in [0.25, 0.3) is 0 Å². The molecule has 0 unspecified atom stereocenters. The Morgan fingerprint density at radius 3 is 1.37 bits per heavy atom. The Labute approximate surface area is 365 Å². The van der Waals surface area contributed by atoms with Crippen LogP contribution in [0.25, 0.3) is 22.3 Å². The number of benzene rings is 2. The lowest BCUT2D eigenvalue weighted by molar-refractivity contribution is -0.132. The van der Waals surface area contributed by atoms with E-state index in [1.807, 2.05) is 66.3 Å². The van der Waals surface area contributed by atoms with Crippen LogP contribution in [0.2, 0.25) is 0 Å². The summed E-state index contributed by atoms with van der Waals surface area (Å²) in [5.74, 6) is 1.10. The van der Waals surface area contributed by atoms with Gasteiger partial charge in [-0.1, -0.05) is 13.8 Å². The van der Waals surface area contributed by atoms with Crippen molar-refractivity contribution in [2.75, 3.05) is 40.4 Å². The van der Waals surface area contributed by atoms with Crippen molar-refractivity contribution in [3.8, 4) is 33.8 Å². The van der Waals surface area contributed by atoms with E-state index in [0.717, 1.165) is 98.1 Å². The number of aromatic nitrogens is 2. The van der Waals surface area contributed by atoms with Crippen molar-refractivity contribution in [1.82, 2.24) is 30.4 Å². The van der Waals surface area contributed by atoms with Crippen molar-refractivity contribution in [1.29, 1.82) is 0 Å². The zero-order valence-corrected chi connectivity index (χ0v) is 37.0. The molecule has 2 N–H and O–H groups in total. The minimum absolute atomic E-state index is 0. The largest absolute Gasteiger partial charge is 0.494 e. The van der Waals surface area contributed by atoms with Crippen molar-refractivity contribution < 1.29 is 27.8 Å². The molecule has 14 heteroatoms. The number of halogens is 4. The van der Waals surface area contributed by atoms with E-state index in [0.29, 0.717) is 35.8 Å². The van der Waals surface area contributed by atoms with Crippen LogP contribution < -0.4 is 20.1 Å². The van der Waals surface area contributed by atoms with Crippen LogP contribution in [0.5, 0.6) is 11.5 Å². The number of ether oxygens (including phenoxy) is 2. The van der Waals surface area contributed by atoms with E-state index in [4.69, 9.17) is 9.47 Å². The Kier molecular flexibility index (Phi) is 15.2. The van der Waals surface area contributed by atoms with E-state index >= 15 is 0 Å². The third kappa shape index (κ3) is 9.12. The van der Waals surface area contributed by atoms with E-state index in [1.165, 1.54) is 12.1 Å². The summed E-state index contributed by atoms with van der Waals surface area (Å²) in [6.07, 6.45) is 10.1. The van der Waals surface area contributed by atoms with Gasteiger partial charge < -0.3 is 19.3 Å². The lowest BCUT2D eigenvalue weighted by Crippen LogP contribution is -2.47. The maximum absolute atomic E-state index is 14.7. The van der Waals surface area contributed by atoms with Crippen molar-refractivity contribution in [3.63, 3.8) is 0 Å². The van der Waals surface area contributed by atoms with Gasteiger partial charge in [-0.05, 0) is 136 Å². The summed E-state index contributed by atoms with van der Waals surface area (Å²) in [5, 5.41) is 7.11. The molecule has 0 radical (unpaired) electrons. The second kappa shape index (κ2) is 19.6. The molecular formula is C46H58Cl2F2N6O4. The zero-order valence-electron chi connectivity index (χ0n) is 35.4. The van der Waals surface area contributed by atoms with Gasteiger partial charge in [-0.15, -0.1) is 24.8 Å². The van der Waals surface area contributed by atoms with E-state index in [9.17, 15) is 18.4 Å². The second-order valence-corrected chi connectivity index (χ2v) is 16.0. The molecule has 2 aromatic heterocycles. The van der Waals surface area contributed by atoms with Gasteiger partial charge in [-0.3, -0.25) is 30.2 Å². The number of rotatable bonds is 10. The fourth-order valence-electron chi connectivity index (χ4n) is 9.16. The van der Waals surface area contributed by atoms with E-state index in [2.05, 4.69) is 20.6 Å². The Balaban J connectivity index is 0.000000220. The topological polar surface area (TPSA) is 109 Å². The fraction of sp³-hybridized carbons (Fsp3) is 0.478. The van der Waals surface area contributed by atoms with Crippen LogP contribution in [0.1, 0.15) is 101 Å². The van der Waals surface area contributed by atoms with Gasteiger partial charge in [0.2, 0.25) is 11.8 Å². The van der Waals surface area contributed by atoms with Gasteiger partial charge in [0.05, 0.1) is 36.7 Å². The van der Waals surface area contributed by atoms with E-state index < -0.39 is 11.1 Å². The number of hydrogen-bond acceptors (Lipinski definition) is 8. The molecule has 0 saturated carbocycles. The number of nitrogens with one attached hydrogen (secondary N) is 2. The molecule has 0 aliphatic carbocycles. The van der Waals surface area contributed by atoms with Gasteiger partial charge in [0.1, 0.15) is 34.2 Å². The van der Waals surface area contributed by atoms with Gasteiger partial charge in [-0.2, -0.15) is 0 Å². The van der Waals surface area contributed by atoms with Crippen molar-refractivity contribution >= 4 is 36.6 Å². The van der Waals surface area contributed by atoms with Crippen molar-refractivity contribution in [2.45, 2.75) is 102 Å². The first kappa shape index (κ1) is 46.7. The number of carbonyl (C=O) groups excluding carboxylic acids is 2. The summed E-state index contributed by atoms with van der Waals surface area (Å²) < 4.78 is 40.6. The minimum atomic E-state index is -0.467. The SMILES string of the molecule is CCOc1ccc(F)c(-c2cc([C@@H]3CC[C@]4(CCN(C)C4=O)N3)ncc2CC)c1.CCOc1ccc(F)c(-c2cc([C@H]3CC[C@@]4(CCN(C)C4=O)N3)ncc2CC)c1.Cl.Cl. The smallest absolute Gasteiger partial charge is 0.242 e. The number of carbonyl (C=O) groups is 2. The van der Waals surface area contributed by atoms with Gasteiger partial charge >= 0.3 is 0 Å². The number of hydrogen-bond donors (Lipinski definition) is 2. The Hall–Kier alpha value is -4.36. The Morgan fingerprint density at radius 1 is 0.633 bits per heavy atom. The minimum Gasteiger partial charge on any atom is -0.494 e. The molecule has 4 aliphatic rings. The highest BCUT2D eigenvalue weighted by Crippen LogP contribution is 2.42. The first-order valence-electron chi connectivity index (χ1n) is 20.8. The maximum Gasteiger partial charge on any atom is 0.242 e. The lowest BCUT2D eigenvalue weighted by atomic mass is 9.95. The van der Waals surface area contributed by atoms with Gasteiger partial charge in [0.15, 0.2) is 0 Å². The number of pyridine rings is 2. The predicted octanol–water partition coefficient (Wildman–Crippen LogP) is 8.59. The molecule has 8 rings (SSSR count). The highest BCUT2D eigenvalue weighted by molar-refractivity contribution is 5.89.